The van der Waals surface area contributed by atoms with E-state index in [4.69, 9.17) is 16.1 Å². The summed E-state index contributed by atoms with van der Waals surface area (Å²) in [6.45, 7) is 7.80. The maximum atomic E-state index is 12.8. The lowest BCUT2D eigenvalue weighted by Gasteiger charge is -2.34. The van der Waals surface area contributed by atoms with Crippen molar-refractivity contribution in [2.24, 2.45) is 0 Å². The van der Waals surface area contributed by atoms with Crippen LogP contribution in [-0.2, 0) is 16.8 Å². The summed E-state index contributed by atoms with van der Waals surface area (Å²) in [7, 11) is 0. The summed E-state index contributed by atoms with van der Waals surface area (Å²) in [4.78, 5) is 15.1. The minimum absolute atomic E-state index is 0.0209. The number of carbonyl (C=O) groups is 1. The number of aromatic nitrogens is 1. The minimum Gasteiger partial charge on any atom is -0.359 e. The molecule has 1 aliphatic rings. The van der Waals surface area contributed by atoms with Crippen molar-refractivity contribution in [1.82, 2.24) is 10.1 Å². The van der Waals surface area contributed by atoms with Crippen LogP contribution in [0.4, 0.5) is 5.82 Å². The van der Waals surface area contributed by atoms with Crippen LogP contribution in [0.15, 0.2) is 34.9 Å². The molecule has 1 aromatic heterocycles. The molecule has 0 radical (unpaired) electrons. The smallest absolute Gasteiger partial charge is 0.242 e. The molecule has 1 fully saturated rings. The Morgan fingerprint density at radius 1 is 1.31 bits per heavy atom. The first-order valence-corrected chi connectivity index (χ1v) is 9.47. The molecule has 26 heavy (non-hydrogen) atoms. The Labute approximate surface area is 159 Å². The summed E-state index contributed by atoms with van der Waals surface area (Å²) in [5, 5.41) is 7.64. The van der Waals surface area contributed by atoms with Gasteiger partial charge in [0.1, 0.15) is 5.76 Å². The second kappa shape index (κ2) is 7.80. The highest BCUT2D eigenvalue weighted by molar-refractivity contribution is 6.30. The van der Waals surface area contributed by atoms with Crippen LogP contribution in [0.2, 0.25) is 5.02 Å². The Balaban J connectivity index is 1.67. The molecule has 5 nitrogen and oxygen atoms in total. The lowest BCUT2D eigenvalue weighted by atomic mass is 9.93. The van der Waals surface area contributed by atoms with Gasteiger partial charge in [0.2, 0.25) is 5.91 Å². The molecule has 0 unspecified atom stereocenters. The average Bonchev–Trinajstić information content (AvgIpc) is 3.06. The summed E-state index contributed by atoms with van der Waals surface area (Å²) >= 11 is 5.96. The zero-order chi connectivity index (χ0) is 18.7. The van der Waals surface area contributed by atoms with Crippen molar-refractivity contribution in [3.8, 4) is 0 Å². The predicted molar refractivity (Wildman–Crippen MR) is 103 cm³/mol. The highest BCUT2D eigenvalue weighted by atomic mass is 35.5. The summed E-state index contributed by atoms with van der Waals surface area (Å²) in [5.41, 5.74) is 1.02. The predicted octanol–water partition coefficient (Wildman–Crippen LogP) is 4.62. The second-order valence-electron chi connectivity index (χ2n) is 7.92. The van der Waals surface area contributed by atoms with Gasteiger partial charge in [0, 0.05) is 23.0 Å². The van der Waals surface area contributed by atoms with Gasteiger partial charge in [0.05, 0.1) is 6.04 Å². The summed E-state index contributed by atoms with van der Waals surface area (Å²) in [5.74, 6) is 1.22. The number of halogens is 1. The molecule has 2 aromatic rings. The molecule has 3 rings (SSSR count). The Morgan fingerprint density at radius 3 is 2.69 bits per heavy atom. The number of hydrogen-bond acceptors (Lipinski definition) is 4. The van der Waals surface area contributed by atoms with Gasteiger partial charge in [0.25, 0.3) is 0 Å². The molecule has 6 heteroatoms. The number of benzene rings is 1. The number of rotatable bonds is 4. The fourth-order valence-corrected chi connectivity index (χ4v) is 3.32. The van der Waals surface area contributed by atoms with E-state index in [0.717, 1.165) is 48.7 Å². The van der Waals surface area contributed by atoms with Crippen molar-refractivity contribution in [2.45, 2.75) is 58.0 Å². The molecule has 0 aliphatic carbocycles. The molecular formula is C20H26ClN3O2. The Bertz CT molecular complexity index is 749. The van der Waals surface area contributed by atoms with E-state index >= 15 is 0 Å². The van der Waals surface area contributed by atoms with E-state index in [0.29, 0.717) is 5.82 Å². The third-order valence-electron chi connectivity index (χ3n) is 4.72. The quantitative estimate of drug-likeness (QED) is 0.847. The van der Waals surface area contributed by atoms with Crippen LogP contribution in [-0.4, -0.2) is 28.6 Å². The Morgan fingerprint density at radius 2 is 2.04 bits per heavy atom. The molecule has 1 N–H and O–H groups in total. The first kappa shape index (κ1) is 18.9. The fraction of sp³-hybridized carbons (Fsp3) is 0.500. The van der Waals surface area contributed by atoms with Gasteiger partial charge in [-0.3, -0.25) is 9.69 Å². The second-order valence-corrected chi connectivity index (χ2v) is 8.36. The van der Waals surface area contributed by atoms with Gasteiger partial charge in [-0.25, -0.2) is 0 Å². The average molecular weight is 376 g/mol. The van der Waals surface area contributed by atoms with Crippen LogP contribution >= 0.6 is 11.6 Å². The standard InChI is InChI=1S/C20H26ClN3O2/c1-20(2,3)17-12-18(23-26-17)22-19(25)16-6-4-5-11-24(16)13-14-7-9-15(21)10-8-14/h7-10,12,16H,4-6,11,13H2,1-3H3,(H,22,23,25)/t16-/m0/s1. The van der Waals surface area contributed by atoms with Gasteiger partial charge in [0.15, 0.2) is 5.82 Å². The Kier molecular flexibility index (Phi) is 5.68. The normalized spacial score (nSPS) is 18.7. The number of nitrogens with one attached hydrogen (secondary N) is 1. The van der Waals surface area contributed by atoms with Gasteiger partial charge >= 0.3 is 0 Å². The number of anilines is 1. The largest absolute Gasteiger partial charge is 0.359 e. The molecule has 140 valence electrons. The van der Waals surface area contributed by atoms with Crippen LogP contribution in [0, 0.1) is 0 Å². The molecular weight excluding hydrogens is 350 g/mol. The highest BCUT2D eigenvalue weighted by Crippen LogP contribution is 2.26. The zero-order valence-corrected chi connectivity index (χ0v) is 16.3. The van der Waals surface area contributed by atoms with E-state index in [1.807, 2.05) is 51.1 Å². The molecule has 0 saturated carbocycles. The molecule has 2 heterocycles. The van der Waals surface area contributed by atoms with Crippen molar-refractivity contribution < 1.29 is 9.32 Å². The number of likely N-dealkylation sites (tertiary alicyclic amines) is 1. The monoisotopic (exact) mass is 375 g/mol. The first-order chi connectivity index (χ1) is 12.3. The van der Waals surface area contributed by atoms with E-state index in [1.54, 1.807) is 0 Å². The minimum atomic E-state index is -0.158. The molecule has 1 saturated heterocycles. The van der Waals surface area contributed by atoms with Crippen LogP contribution in [0.1, 0.15) is 51.4 Å². The summed E-state index contributed by atoms with van der Waals surface area (Å²) in [6, 6.07) is 9.45. The van der Waals surface area contributed by atoms with Crippen molar-refractivity contribution in [3.63, 3.8) is 0 Å². The molecule has 1 aromatic carbocycles. The number of nitrogens with zero attached hydrogens (tertiary/aromatic N) is 2. The number of hydrogen-bond donors (Lipinski definition) is 1. The molecule has 1 aliphatic heterocycles. The number of carbonyl (C=O) groups excluding carboxylic acids is 1. The number of piperidine rings is 1. The van der Waals surface area contributed by atoms with Crippen molar-refractivity contribution in [2.75, 3.05) is 11.9 Å². The van der Waals surface area contributed by atoms with Gasteiger partial charge < -0.3 is 9.84 Å². The third kappa shape index (κ3) is 4.65. The fourth-order valence-electron chi connectivity index (χ4n) is 3.20. The topological polar surface area (TPSA) is 58.4 Å². The molecule has 0 spiro atoms. The highest BCUT2D eigenvalue weighted by Gasteiger charge is 2.29. The zero-order valence-electron chi connectivity index (χ0n) is 15.6. The molecule has 0 bridgehead atoms. The van der Waals surface area contributed by atoms with E-state index < -0.39 is 0 Å². The van der Waals surface area contributed by atoms with Gasteiger partial charge in [-0.1, -0.05) is 56.1 Å². The maximum Gasteiger partial charge on any atom is 0.242 e. The van der Waals surface area contributed by atoms with E-state index in [1.165, 1.54) is 0 Å². The first-order valence-electron chi connectivity index (χ1n) is 9.09. The van der Waals surface area contributed by atoms with Crippen LogP contribution < -0.4 is 5.32 Å². The van der Waals surface area contributed by atoms with Gasteiger partial charge in [-0.05, 0) is 37.1 Å². The van der Waals surface area contributed by atoms with Crippen molar-refractivity contribution >= 4 is 23.3 Å². The van der Waals surface area contributed by atoms with Crippen molar-refractivity contribution in [3.05, 3.63) is 46.7 Å². The van der Waals surface area contributed by atoms with E-state index in [2.05, 4.69) is 15.4 Å². The lowest BCUT2D eigenvalue weighted by molar-refractivity contribution is -0.122. The van der Waals surface area contributed by atoms with E-state index in [9.17, 15) is 4.79 Å². The maximum absolute atomic E-state index is 12.8. The van der Waals surface area contributed by atoms with Crippen LogP contribution in [0.25, 0.3) is 0 Å². The lowest BCUT2D eigenvalue weighted by Crippen LogP contribution is -2.46. The number of amides is 1. The van der Waals surface area contributed by atoms with Crippen molar-refractivity contribution in [1.29, 1.82) is 0 Å². The molecule has 1 atom stereocenters. The summed E-state index contributed by atoms with van der Waals surface area (Å²) < 4.78 is 5.36. The molecule has 1 amide bonds. The van der Waals surface area contributed by atoms with Gasteiger partial charge in [-0.2, -0.15) is 0 Å². The van der Waals surface area contributed by atoms with Crippen LogP contribution in [0.5, 0.6) is 0 Å². The third-order valence-corrected chi connectivity index (χ3v) is 4.97. The Hall–Kier alpha value is -1.85. The SMILES string of the molecule is CC(C)(C)c1cc(NC(=O)[C@@H]2CCCCN2Cc2ccc(Cl)cc2)no1. The summed E-state index contributed by atoms with van der Waals surface area (Å²) in [6.07, 6.45) is 3.01. The van der Waals surface area contributed by atoms with Crippen LogP contribution in [0.3, 0.4) is 0 Å². The van der Waals surface area contributed by atoms with Gasteiger partial charge in [-0.15, -0.1) is 0 Å². The van der Waals surface area contributed by atoms with E-state index in [-0.39, 0.29) is 17.4 Å².